The zero-order chi connectivity index (χ0) is 24.8. The third-order valence-electron chi connectivity index (χ3n) is 7.50. The minimum absolute atomic E-state index is 0.203. The van der Waals surface area contributed by atoms with Crippen LogP contribution in [0.25, 0.3) is 0 Å². The number of rotatable bonds is 8. The molecule has 0 radical (unpaired) electrons. The monoisotopic (exact) mass is 470 g/mol. The average molecular weight is 471 g/mol. The van der Waals surface area contributed by atoms with Gasteiger partial charge in [0.1, 0.15) is 11.6 Å². The van der Waals surface area contributed by atoms with E-state index >= 15 is 0 Å². The fourth-order valence-corrected chi connectivity index (χ4v) is 6.03. The molecule has 4 rings (SSSR count). The van der Waals surface area contributed by atoms with E-state index in [2.05, 4.69) is 6.58 Å². The fraction of sp³-hybridized carbons (Fsp3) is 0.577. The molecule has 1 aromatic carbocycles. The molecule has 184 valence electrons. The number of esters is 1. The average Bonchev–Trinajstić information content (AvgIpc) is 3.46. The summed E-state index contributed by atoms with van der Waals surface area (Å²) in [5.74, 6) is -2.65. The Morgan fingerprint density at radius 2 is 2.15 bits per heavy atom. The van der Waals surface area contributed by atoms with Crippen molar-refractivity contribution in [1.82, 2.24) is 4.90 Å². The number of ether oxygens (including phenoxy) is 2. The minimum atomic E-state index is -1.13. The first kappa shape index (κ1) is 24.4. The fourth-order valence-electron chi connectivity index (χ4n) is 6.03. The van der Waals surface area contributed by atoms with Crippen molar-refractivity contribution in [3.05, 3.63) is 42.0 Å². The lowest BCUT2D eigenvalue weighted by molar-refractivity contribution is -0.155. The molecule has 0 aromatic heterocycles. The molecule has 3 heterocycles. The molecule has 3 saturated heterocycles. The van der Waals surface area contributed by atoms with Crippen LogP contribution in [-0.4, -0.2) is 71.3 Å². The van der Waals surface area contributed by atoms with Crippen LogP contribution >= 0.6 is 0 Å². The van der Waals surface area contributed by atoms with Gasteiger partial charge in [0.2, 0.25) is 5.91 Å². The van der Waals surface area contributed by atoms with Crippen molar-refractivity contribution in [3.8, 4) is 0 Å². The second kappa shape index (κ2) is 9.15. The van der Waals surface area contributed by atoms with E-state index in [1.54, 1.807) is 24.8 Å². The van der Waals surface area contributed by atoms with Gasteiger partial charge in [-0.1, -0.05) is 18.2 Å². The Morgan fingerprint density at radius 1 is 1.41 bits per heavy atom. The molecule has 3 fully saturated rings. The first-order valence-corrected chi connectivity index (χ1v) is 12.0. The molecular formula is C26H34N2O6. The Bertz CT molecular complexity index is 1010. The molecule has 8 heteroatoms. The third-order valence-corrected chi connectivity index (χ3v) is 7.50. The van der Waals surface area contributed by atoms with E-state index in [0.717, 1.165) is 16.8 Å². The summed E-state index contributed by atoms with van der Waals surface area (Å²) >= 11 is 0. The second-order valence-electron chi connectivity index (χ2n) is 9.61. The Kier molecular flexibility index (Phi) is 6.57. The summed E-state index contributed by atoms with van der Waals surface area (Å²) in [7, 11) is 0. The zero-order valence-electron chi connectivity index (χ0n) is 20.3. The van der Waals surface area contributed by atoms with Gasteiger partial charge in [-0.25, -0.2) is 0 Å². The third kappa shape index (κ3) is 3.55. The number of benzene rings is 1. The SMILES string of the molecule is C=CCN(C(=O)[C@H]1N([C@H](C)CO)C(=O)[C@@H]2[C@@H](C(=O)OCC)[C@H]3CC[C@]21O3)c1cc(C)ccc1C. The van der Waals surface area contributed by atoms with Crippen LogP contribution in [0.1, 0.15) is 37.8 Å². The van der Waals surface area contributed by atoms with E-state index in [1.807, 2.05) is 32.0 Å². The molecule has 2 amide bonds. The molecule has 1 aromatic rings. The number of aliphatic hydroxyl groups excluding tert-OH is 1. The maximum atomic E-state index is 14.3. The normalized spacial score (nSPS) is 30.3. The van der Waals surface area contributed by atoms with Gasteiger partial charge in [0.25, 0.3) is 5.91 Å². The molecule has 0 unspecified atom stereocenters. The van der Waals surface area contributed by atoms with Crippen LogP contribution in [0.3, 0.4) is 0 Å². The number of hydrogen-bond acceptors (Lipinski definition) is 6. The van der Waals surface area contributed by atoms with Gasteiger partial charge in [-0.3, -0.25) is 14.4 Å². The number of likely N-dealkylation sites (tertiary alicyclic amines) is 1. The maximum absolute atomic E-state index is 14.3. The number of nitrogens with zero attached hydrogens (tertiary/aromatic N) is 2. The Morgan fingerprint density at radius 3 is 2.79 bits per heavy atom. The summed E-state index contributed by atoms with van der Waals surface area (Å²) < 4.78 is 11.7. The van der Waals surface area contributed by atoms with Gasteiger partial charge < -0.3 is 24.4 Å². The van der Waals surface area contributed by atoms with Crippen LogP contribution in [0.4, 0.5) is 5.69 Å². The Labute approximate surface area is 200 Å². The number of carbonyl (C=O) groups is 3. The van der Waals surface area contributed by atoms with Crippen molar-refractivity contribution in [2.75, 3.05) is 24.7 Å². The molecule has 3 aliphatic rings. The molecule has 2 bridgehead atoms. The smallest absolute Gasteiger partial charge is 0.312 e. The van der Waals surface area contributed by atoms with Crippen molar-refractivity contribution < 1.29 is 29.0 Å². The highest BCUT2D eigenvalue weighted by Crippen LogP contribution is 2.59. The summed E-state index contributed by atoms with van der Waals surface area (Å²) in [6.07, 6.45) is 2.26. The van der Waals surface area contributed by atoms with E-state index in [4.69, 9.17) is 9.47 Å². The highest BCUT2D eigenvalue weighted by Gasteiger charge is 2.75. The molecule has 3 aliphatic heterocycles. The summed E-state index contributed by atoms with van der Waals surface area (Å²) in [6.45, 7) is 11.3. The number of aliphatic hydroxyl groups is 1. The van der Waals surface area contributed by atoms with Crippen LogP contribution in [0.15, 0.2) is 30.9 Å². The molecule has 8 nitrogen and oxygen atoms in total. The summed E-state index contributed by atoms with van der Waals surface area (Å²) in [4.78, 5) is 44.0. The zero-order valence-corrected chi connectivity index (χ0v) is 20.3. The van der Waals surface area contributed by atoms with E-state index in [9.17, 15) is 19.5 Å². The van der Waals surface area contributed by atoms with Crippen molar-refractivity contribution in [1.29, 1.82) is 0 Å². The number of anilines is 1. The number of hydrogen-bond donors (Lipinski definition) is 1. The van der Waals surface area contributed by atoms with Gasteiger partial charge in [0, 0.05) is 12.2 Å². The highest BCUT2D eigenvalue weighted by atomic mass is 16.6. The number of fused-ring (bicyclic) bond motifs is 1. The summed E-state index contributed by atoms with van der Waals surface area (Å²) in [6, 6.07) is 4.30. The molecular weight excluding hydrogens is 436 g/mol. The Balaban J connectivity index is 1.82. The molecule has 0 aliphatic carbocycles. The van der Waals surface area contributed by atoms with Crippen molar-refractivity contribution in [2.24, 2.45) is 11.8 Å². The van der Waals surface area contributed by atoms with Crippen molar-refractivity contribution >= 4 is 23.5 Å². The maximum Gasteiger partial charge on any atom is 0.312 e. The topological polar surface area (TPSA) is 96.4 Å². The lowest BCUT2D eigenvalue weighted by Crippen LogP contribution is -2.58. The predicted octanol–water partition coefficient (Wildman–Crippen LogP) is 2.14. The van der Waals surface area contributed by atoms with E-state index in [-0.39, 0.29) is 31.6 Å². The molecule has 1 N–H and O–H groups in total. The van der Waals surface area contributed by atoms with Crippen LogP contribution in [0.2, 0.25) is 0 Å². The first-order chi connectivity index (χ1) is 16.2. The van der Waals surface area contributed by atoms with Gasteiger partial charge >= 0.3 is 5.97 Å². The summed E-state index contributed by atoms with van der Waals surface area (Å²) in [5, 5.41) is 9.97. The number of aryl methyl sites for hydroxylation is 2. The van der Waals surface area contributed by atoms with Crippen LogP contribution in [-0.2, 0) is 23.9 Å². The Hall–Kier alpha value is -2.71. The lowest BCUT2D eigenvalue weighted by Gasteiger charge is -2.38. The quantitative estimate of drug-likeness (QED) is 0.462. The van der Waals surface area contributed by atoms with Gasteiger partial charge in [0.15, 0.2) is 0 Å². The largest absolute Gasteiger partial charge is 0.466 e. The van der Waals surface area contributed by atoms with E-state index in [0.29, 0.717) is 12.8 Å². The lowest BCUT2D eigenvalue weighted by atomic mass is 9.70. The highest BCUT2D eigenvalue weighted by molar-refractivity contribution is 6.05. The number of carbonyl (C=O) groups excluding carboxylic acids is 3. The van der Waals surface area contributed by atoms with E-state index in [1.165, 1.54) is 4.90 Å². The van der Waals surface area contributed by atoms with Crippen LogP contribution < -0.4 is 4.90 Å². The summed E-state index contributed by atoms with van der Waals surface area (Å²) in [5.41, 5.74) is 1.53. The van der Waals surface area contributed by atoms with Crippen molar-refractivity contribution in [3.63, 3.8) is 0 Å². The molecule has 1 spiro atoms. The van der Waals surface area contributed by atoms with Gasteiger partial charge in [-0.05, 0) is 57.7 Å². The molecule has 6 atom stereocenters. The first-order valence-electron chi connectivity index (χ1n) is 12.0. The second-order valence-corrected chi connectivity index (χ2v) is 9.61. The van der Waals surface area contributed by atoms with Crippen LogP contribution in [0.5, 0.6) is 0 Å². The molecule has 0 saturated carbocycles. The van der Waals surface area contributed by atoms with Gasteiger partial charge in [0.05, 0.1) is 37.2 Å². The van der Waals surface area contributed by atoms with Crippen molar-refractivity contribution in [2.45, 2.75) is 64.3 Å². The minimum Gasteiger partial charge on any atom is -0.466 e. The molecule has 34 heavy (non-hydrogen) atoms. The standard InChI is InChI=1S/C26H34N2O6/c1-6-12-27(18-13-15(3)8-9-16(18)4)24(31)22-26-11-10-19(34-26)20(25(32)33-7-2)21(26)23(30)28(22)17(5)14-29/h6,8-9,13,17,19-22,29H,1,7,10-12,14H2,2-5H3/t17-,19-,20+,21+,22-,26+/m1/s1. The van der Waals surface area contributed by atoms with Crippen LogP contribution in [0, 0.1) is 25.7 Å². The van der Waals surface area contributed by atoms with E-state index < -0.39 is 41.6 Å². The predicted molar refractivity (Wildman–Crippen MR) is 126 cm³/mol. The number of amides is 2. The van der Waals surface area contributed by atoms with Gasteiger partial charge in [-0.15, -0.1) is 6.58 Å². The van der Waals surface area contributed by atoms with Gasteiger partial charge in [-0.2, -0.15) is 0 Å².